The Balaban J connectivity index is 4.16. The van der Waals surface area contributed by atoms with Crippen LogP contribution in [0, 0.1) is 15.5 Å². The molecule has 0 heterocycles. The van der Waals surface area contributed by atoms with Gasteiger partial charge in [-0.05, 0) is 12.2 Å². The van der Waals surface area contributed by atoms with Crippen LogP contribution in [0.1, 0.15) is 6.92 Å². The van der Waals surface area contributed by atoms with Crippen molar-refractivity contribution in [2.75, 3.05) is 0 Å². The highest BCUT2D eigenvalue weighted by Crippen LogP contribution is 1.90. The molecular weight excluding hydrogens is 162 g/mol. The normalized spacial score (nSPS) is 12.8. The van der Waals surface area contributed by atoms with Crippen molar-refractivity contribution in [2.45, 2.75) is 13.0 Å². The predicted molar refractivity (Wildman–Crippen MR) is 42.5 cm³/mol. The molecule has 0 aliphatic carbocycles. The number of rotatable bonds is 4. The summed E-state index contributed by atoms with van der Waals surface area (Å²) in [4.78, 5) is 19.8. The molecule has 0 saturated carbocycles. The lowest BCUT2D eigenvalue weighted by Crippen LogP contribution is -2.21. The second kappa shape index (κ2) is 4.22. The van der Waals surface area contributed by atoms with Crippen LogP contribution in [0.3, 0.4) is 0 Å². The highest BCUT2D eigenvalue weighted by molar-refractivity contribution is 6.41. The van der Waals surface area contributed by atoms with Gasteiger partial charge in [0, 0.05) is 11.8 Å². The lowest BCUT2D eigenvalue weighted by molar-refractivity contribution is -0.504. The summed E-state index contributed by atoms with van der Waals surface area (Å²) in [7, 11) is 0. The minimum Gasteiger partial charge on any atom is -0.364 e. The van der Waals surface area contributed by atoms with Gasteiger partial charge >= 0.3 is 0 Å². The number of carbonyl (C=O) groups is 1. The summed E-state index contributed by atoms with van der Waals surface area (Å²) in [5.41, 5.74) is 4.27. The van der Waals surface area contributed by atoms with Crippen molar-refractivity contribution in [3.05, 3.63) is 22.3 Å². The topological polar surface area (TPSA) is 110 Å². The molecule has 0 rings (SSSR count). The first-order chi connectivity index (χ1) is 5.45. The van der Waals surface area contributed by atoms with Crippen LogP contribution in [-0.2, 0) is 4.79 Å². The molecule has 1 amide bonds. The van der Waals surface area contributed by atoms with Crippen molar-refractivity contribution < 1.29 is 9.72 Å². The molecule has 0 fully saturated rings. The summed E-state index contributed by atoms with van der Waals surface area (Å²) in [6.07, 6.45) is 2.16. The maximum absolute atomic E-state index is 10.3. The molecule has 1 atom stereocenters. The Bertz CT molecular complexity index is 246. The molecule has 1 unspecified atom stereocenters. The van der Waals surface area contributed by atoms with Crippen LogP contribution in [0.2, 0.25) is 0 Å². The number of primary amides is 1. The lowest BCUT2D eigenvalue weighted by atomic mass is 10.2. The summed E-state index contributed by atoms with van der Waals surface area (Å²) in [5, 5.41) is 16.9. The predicted octanol–water partition coefficient (Wildman–Crippen LogP) is -0.287. The molecule has 6 heteroatoms. The van der Waals surface area contributed by atoms with Gasteiger partial charge in [0.05, 0.1) is 0 Å². The third-order valence-corrected chi connectivity index (χ3v) is 1.14. The van der Waals surface area contributed by atoms with Gasteiger partial charge in [-0.1, -0.05) is 0 Å². The van der Waals surface area contributed by atoms with Gasteiger partial charge in [-0.2, -0.15) is 0 Å². The van der Waals surface area contributed by atoms with Gasteiger partial charge in [0.2, 0.25) is 6.04 Å². The van der Waals surface area contributed by atoms with E-state index < -0.39 is 22.6 Å². The number of carbonyl (C=O) groups excluding carboxylic acids is 1. The number of nitrogens with two attached hydrogens (primary N) is 1. The van der Waals surface area contributed by atoms with Crippen LogP contribution in [0.5, 0.6) is 0 Å². The fourth-order valence-corrected chi connectivity index (χ4v) is 0.388. The lowest BCUT2D eigenvalue weighted by Gasteiger charge is -1.94. The van der Waals surface area contributed by atoms with Gasteiger partial charge in [0.15, 0.2) is 0 Å². The molecule has 0 aromatic carbocycles. The molecule has 0 aromatic heterocycles. The number of nitro groups is 1. The molecule has 0 aliphatic heterocycles. The largest absolute Gasteiger partial charge is 0.364 e. The molecule has 12 heavy (non-hydrogen) atoms. The van der Waals surface area contributed by atoms with Gasteiger partial charge in [0.25, 0.3) is 5.91 Å². The van der Waals surface area contributed by atoms with Crippen molar-refractivity contribution in [3.8, 4) is 0 Å². The average Bonchev–Trinajstić information content (AvgIpc) is 1.98. The number of nitrogens with one attached hydrogen (secondary N) is 1. The Hall–Kier alpha value is -1.72. The SMILES string of the molecule is CC(C=CC(=N)C(N)=O)[N+](=O)[O-]. The molecule has 0 spiro atoms. The smallest absolute Gasteiger partial charge is 0.266 e. The van der Waals surface area contributed by atoms with E-state index in [-0.39, 0.29) is 0 Å². The summed E-state index contributed by atoms with van der Waals surface area (Å²) >= 11 is 0. The van der Waals surface area contributed by atoms with Crippen molar-refractivity contribution in [1.82, 2.24) is 0 Å². The first-order valence-electron chi connectivity index (χ1n) is 3.15. The zero-order valence-corrected chi connectivity index (χ0v) is 6.48. The maximum atomic E-state index is 10.3. The minimum atomic E-state index is -0.912. The molecule has 66 valence electrons. The molecule has 6 nitrogen and oxygen atoms in total. The molecular formula is C6H9N3O3. The second-order valence-corrected chi connectivity index (χ2v) is 2.16. The van der Waals surface area contributed by atoms with Crippen LogP contribution in [-0.4, -0.2) is 22.6 Å². The number of hydrogen-bond donors (Lipinski definition) is 2. The highest BCUT2D eigenvalue weighted by atomic mass is 16.6. The standard InChI is InChI=1S/C6H9N3O3/c1-4(9(11)12)2-3-5(7)6(8)10/h2-4,7H,1H3,(H2,8,10). The first-order valence-corrected chi connectivity index (χ1v) is 3.15. The average molecular weight is 171 g/mol. The summed E-state index contributed by atoms with van der Waals surface area (Å²) in [5.74, 6) is -0.901. The Morgan fingerprint density at radius 1 is 1.75 bits per heavy atom. The van der Waals surface area contributed by atoms with E-state index in [0.717, 1.165) is 12.2 Å². The number of nitrogens with zero attached hydrogens (tertiary/aromatic N) is 1. The molecule has 0 radical (unpaired) electrons. The molecule has 0 saturated heterocycles. The Morgan fingerprint density at radius 3 is 2.58 bits per heavy atom. The molecule has 3 N–H and O–H groups in total. The van der Waals surface area contributed by atoms with Crippen LogP contribution >= 0.6 is 0 Å². The number of hydrogen-bond acceptors (Lipinski definition) is 4. The maximum Gasteiger partial charge on any atom is 0.266 e. The third-order valence-electron chi connectivity index (χ3n) is 1.14. The fraction of sp³-hybridized carbons (Fsp3) is 0.333. The first kappa shape index (κ1) is 10.3. The highest BCUT2D eigenvalue weighted by Gasteiger charge is 2.07. The van der Waals surface area contributed by atoms with Gasteiger partial charge in [-0.25, -0.2) is 0 Å². The zero-order valence-electron chi connectivity index (χ0n) is 6.48. The summed E-state index contributed by atoms with van der Waals surface area (Å²) in [6.45, 7) is 1.34. The number of amides is 1. The Kier molecular flexibility index (Phi) is 3.61. The van der Waals surface area contributed by atoms with E-state index in [1.807, 2.05) is 0 Å². The summed E-state index contributed by atoms with van der Waals surface area (Å²) < 4.78 is 0. The summed E-state index contributed by atoms with van der Waals surface area (Å²) in [6, 6.07) is -0.912. The van der Waals surface area contributed by atoms with E-state index in [0.29, 0.717) is 0 Å². The quantitative estimate of drug-likeness (QED) is 0.344. The van der Waals surface area contributed by atoms with Crippen molar-refractivity contribution in [1.29, 1.82) is 5.41 Å². The zero-order chi connectivity index (χ0) is 9.72. The van der Waals surface area contributed by atoms with Crippen molar-refractivity contribution in [2.24, 2.45) is 5.73 Å². The Morgan fingerprint density at radius 2 is 2.25 bits per heavy atom. The van der Waals surface area contributed by atoms with Gasteiger partial charge < -0.3 is 5.73 Å². The van der Waals surface area contributed by atoms with E-state index in [1.165, 1.54) is 6.92 Å². The van der Waals surface area contributed by atoms with Crippen molar-refractivity contribution in [3.63, 3.8) is 0 Å². The van der Waals surface area contributed by atoms with Gasteiger partial charge in [0.1, 0.15) is 5.71 Å². The monoisotopic (exact) mass is 171 g/mol. The van der Waals surface area contributed by atoms with Gasteiger partial charge in [-0.3, -0.25) is 20.3 Å². The van der Waals surface area contributed by atoms with E-state index in [4.69, 9.17) is 11.1 Å². The Labute approximate surface area is 68.7 Å². The second-order valence-electron chi connectivity index (χ2n) is 2.16. The van der Waals surface area contributed by atoms with Crippen LogP contribution in [0.15, 0.2) is 12.2 Å². The minimum absolute atomic E-state index is 0.441. The fourth-order valence-electron chi connectivity index (χ4n) is 0.388. The van der Waals surface area contributed by atoms with E-state index in [9.17, 15) is 14.9 Å². The van der Waals surface area contributed by atoms with E-state index in [1.54, 1.807) is 0 Å². The molecule has 0 bridgehead atoms. The third kappa shape index (κ3) is 3.45. The van der Waals surface area contributed by atoms with E-state index in [2.05, 4.69) is 0 Å². The van der Waals surface area contributed by atoms with Crippen molar-refractivity contribution >= 4 is 11.6 Å². The van der Waals surface area contributed by atoms with E-state index >= 15 is 0 Å². The van der Waals surface area contributed by atoms with Crippen LogP contribution in [0.4, 0.5) is 0 Å². The molecule has 0 aromatic rings. The van der Waals surface area contributed by atoms with Crippen LogP contribution < -0.4 is 5.73 Å². The van der Waals surface area contributed by atoms with Crippen LogP contribution in [0.25, 0.3) is 0 Å². The van der Waals surface area contributed by atoms with Gasteiger partial charge in [-0.15, -0.1) is 0 Å². The molecule has 0 aliphatic rings.